The van der Waals surface area contributed by atoms with Gasteiger partial charge < -0.3 is 15.2 Å². The summed E-state index contributed by atoms with van der Waals surface area (Å²) in [5.74, 6) is 0. The highest BCUT2D eigenvalue weighted by Crippen LogP contribution is 2.32. The standard InChI is InChI=1S/C29H30N6O2S/c1-20-25-12-13-31-28(25)11-10-27(20)33-29-23(18-30)19-32-21(2)26(29)9-6-22-4-7-24(8-5-22)38(36,37)35-16-14-34(3)15-17-35/h4-13,19,31H,14-17H2,1-3H3,(H,32,33). The van der Waals surface area contributed by atoms with Gasteiger partial charge in [0.2, 0.25) is 10.0 Å². The topological polar surface area (TPSA) is 105 Å². The summed E-state index contributed by atoms with van der Waals surface area (Å²) < 4.78 is 27.6. The number of hydrogen-bond acceptors (Lipinski definition) is 6. The molecule has 2 aromatic heterocycles. The molecule has 9 heteroatoms. The van der Waals surface area contributed by atoms with E-state index >= 15 is 0 Å². The van der Waals surface area contributed by atoms with Crippen LogP contribution in [-0.4, -0.2) is 60.8 Å². The molecule has 4 aromatic rings. The quantitative estimate of drug-likeness (QED) is 0.370. The van der Waals surface area contributed by atoms with Crippen LogP contribution in [0, 0.1) is 25.2 Å². The molecule has 0 atom stereocenters. The highest BCUT2D eigenvalue weighted by Gasteiger charge is 2.27. The molecule has 1 saturated heterocycles. The molecule has 1 aliphatic heterocycles. The number of pyridine rings is 1. The Bertz CT molecular complexity index is 1660. The summed E-state index contributed by atoms with van der Waals surface area (Å²) in [5, 5.41) is 14.4. The van der Waals surface area contributed by atoms with Gasteiger partial charge in [-0.15, -0.1) is 0 Å². The maximum Gasteiger partial charge on any atom is 0.243 e. The number of aromatic nitrogens is 2. The summed E-state index contributed by atoms with van der Waals surface area (Å²) in [6.45, 7) is 6.39. The van der Waals surface area contributed by atoms with E-state index in [0.29, 0.717) is 29.2 Å². The molecule has 38 heavy (non-hydrogen) atoms. The number of nitrogens with zero attached hydrogens (tertiary/aromatic N) is 4. The number of sulfonamides is 1. The van der Waals surface area contributed by atoms with Crippen molar-refractivity contribution in [2.24, 2.45) is 0 Å². The van der Waals surface area contributed by atoms with Crippen LogP contribution in [0.25, 0.3) is 23.1 Å². The van der Waals surface area contributed by atoms with Gasteiger partial charge in [-0.1, -0.05) is 24.3 Å². The molecule has 2 N–H and O–H groups in total. The first-order valence-electron chi connectivity index (χ1n) is 12.5. The molecule has 0 unspecified atom stereocenters. The average Bonchev–Trinajstić information content (AvgIpc) is 3.40. The molecule has 1 aliphatic rings. The maximum absolute atomic E-state index is 13.1. The first-order valence-corrected chi connectivity index (χ1v) is 13.9. The first-order chi connectivity index (χ1) is 18.3. The lowest BCUT2D eigenvalue weighted by Crippen LogP contribution is -2.46. The number of nitriles is 1. The van der Waals surface area contributed by atoms with Crippen molar-refractivity contribution < 1.29 is 8.42 Å². The second-order valence-electron chi connectivity index (χ2n) is 9.57. The van der Waals surface area contributed by atoms with Gasteiger partial charge in [0.05, 0.1) is 16.1 Å². The zero-order valence-corrected chi connectivity index (χ0v) is 22.5. The fraction of sp³-hybridized carbons (Fsp3) is 0.241. The third-order valence-electron chi connectivity index (χ3n) is 7.12. The van der Waals surface area contributed by atoms with E-state index in [1.165, 1.54) is 0 Å². The van der Waals surface area contributed by atoms with Crippen LogP contribution in [0.1, 0.15) is 27.9 Å². The first kappa shape index (κ1) is 25.7. The number of piperazine rings is 1. The van der Waals surface area contributed by atoms with Gasteiger partial charge >= 0.3 is 0 Å². The fourth-order valence-corrected chi connectivity index (χ4v) is 6.13. The van der Waals surface area contributed by atoms with Gasteiger partial charge in [-0.05, 0) is 62.4 Å². The fourth-order valence-electron chi connectivity index (χ4n) is 4.71. The number of likely N-dealkylation sites (N-methyl/N-ethyl adjacent to an activating group) is 1. The second kappa shape index (κ2) is 10.4. The number of aromatic amines is 1. The molecule has 3 heterocycles. The lowest BCUT2D eigenvalue weighted by atomic mass is 10.0. The molecule has 5 rings (SSSR count). The summed E-state index contributed by atoms with van der Waals surface area (Å²) in [4.78, 5) is 10.1. The van der Waals surface area contributed by atoms with E-state index < -0.39 is 10.0 Å². The molecule has 2 aromatic carbocycles. The van der Waals surface area contributed by atoms with Crippen molar-refractivity contribution in [3.05, 3.63) is 82.8 Å². The number of fused-ring (bicyclic) bond motifs is 1. The molecular formula is C29H30N6O2S. The number of nitrogens with one attached hydrogen (secondary N) is 2. The van der Waals surface area contributed by atoms with Crippen molar-refractivity contribution in [1.29, 1.82) is 5.26 Å². The normalized spacial score (nSPS) is 15.2. The molecule has 0 saturated carbocycles. The third-order valence-corrected chi connectivity index (χ3v) is 9.04. The minimum atomic E-state index is -3.52. The van der Waals surface area contributed by atoms with E-state index in [9.17, 15) is 13.7 Å². The number of rotatable bonds is 6. The number of benzene rings is 2. The SMILES string of the molecule is Cc1ncc(C#N)c(Nc2ccc3[nH]ccc3c2C)c1C=Cc1ccc(S(=O)(=O)N2CCN(C)CC2)cc1. The maximum atomic E-state index is 13.1. The van der Waals surface area contributed by atoms with Gasteiger partial charge in [-0.3, -0.25) is 4.98 Å². The van der Waals surface area contributed by atoms with Crippen molar-refractivity contribution in [3.63, 3.8) is 0 Å². The molecule has 8 nitrogen and oxygen atoms in total. The van der Waals surface area contributed by atoms with Gasteiger partial charge in [-0.25, -0.2) is 8.42 Å². The summed E-state index contributed by atoms with van der Waals surface area (Å²) in [6.07, 6.45) is 7.32. The summed E-state index contributed by atoms with van der Waals surface area (Å²) in [5.41, 5.74) is 6.59. The van der Waals surface area contributed by atoms with E-state index in [0.717, 1.165) is 52.1 Å². The molecule has 1 fully saturated rings. The second-order valence-corrected chi connectivity index (χ2v) is 11.5. The Balaban J connectivity index is 1.43. The molecule has 194 valence electrons. The Morgan fingerprint density at radius 2 is 1.76 bits per heavy atom. The lowest BCUT2D eigenvalue weighted by molar-refractivity contribution is 0.222. The highest BCUT2D eigenvalue weighted by molar-refractivity contribution is 7.89. The predicted molar refractivity (Wildman–Crippen MR) is 152 cm³/mol. The van der Waals surface area contributed by atoms with Crippen molar-refractivity contribution in [2.45, 2.75) is 18.7 Å². The van der Waals surface area contributed by atoms with Crippen LogP contribution >= 0.6 is 0 Å². The smallest absolute Gasteiger partial charge is 0.243 e. The van der Waals surface area contributed by atoms with Crippen molar-refractivity contribution >= 4 is 44.5 Å². The molecule has 0 amide bonds. The highest BCUT2D eigenvalue weighted by atomic mass is 32.2. The van der Waals surface area contributed by atoms with Crippen LogP contribution < -0.4 is 5.32 Å². The molecule has 0 spiro atoms. The van der Waals surface area contributed by atoms with Gasteiger partial charge in [0.1, 0.15) is 6.07 Å². The number of H-pyrrole nitrogens is 1. The minimum Gasteiger partial charge on any atom is -0.361 e. The third kappa shape index (κ3) is 4.94. The molecule has 0 aliphatic carbocycles. The van der Waals surface area contributed by atoms with Crippen LogP contribution in [-0.2, 0) is 10.0 Å². The number of anilines is 2. The Kier molecular flexibility index (Phi) is 7.04. The Hall–Kier alpha value is -3.97. The van der Waals surface area contributed by atoms with E-state index in [2.05, 4.69) is 26.3 Å². The summed E-state index contributed by atoms with van der Waals surface area (Å²) in [7, 11) is -1.52. The van der Waals surface area contributed by atoms with Gasteiger partial charge in [-0.2, -0.15) is 9.57 Å². The number of hydrogen-bond donors (Lipinski definition) is 2. The zero-order valence-electron chi connectivity index (χ0n) is 21.7. The van der Waals surface area contributed by atoms with Gasteiger partial charge in [0.15, 0.2) is 0 Å². The van der Waals surface area contributed by atoms with Gasteiger partial charge in [0.25, 0.3) is 0 Å². The minimum absolute atomic E-state index is 0.293. The molecule has 0 radical (unpaired) electrons. The molecule has 0 bridgehead atoms. The number of aryl methyl sites for hydroxylation is 2. The summed E-state index contributed by atoms with van der Waals surface area (Å²) >= 11 is 0. The van der Waals surface area contributed by atoms with E-state index in [1.807, 2.05) is 57.4 Å². The average molecular weight is 527 g/mol. The van der Waals surface area contributed by atoms with E-state index in [-0.39, 0.29) is 0 Å². The van der Waals surface area contributed by atoms with Crippen LogP contribution in [0.5, 0.6) is 0 Å². The van der Waals surface area contributed by atoms with Crippen LogP contribution in [0.2, 0.25) is 0 Å². The van der Waals surface area contributed by atoms with Crippen LogP contribution in [0.15, 0.2) is 59.8 Å². The Morgan fingerprint density at radius 3 is 2.47 bits per heavy atom. The Labute approximate surface area is 223 Å². The predicted octanol–water partition coefficient (Wildman–Crippen LogP) is 4.90. The Morgan fingerprint density at radius 1 is 1.03 bits per heavy atom. The lowest BCUT2D eigenvalue weighted by Gasteiger charge is -2.31. The van der Waals surface area contributed by atoms with Crippen LogP contribution in [0.4, 0.5) is 11.4 Å². The largest absolute Gasteiger partial charge is 0.361 e. The van der Waals surface area contributed by atoms with Crippen molar-refractivity contribution in [2.75, 3.05) is 38.5 Å². The zero-order chi connectivity index (χ0) is 26.9. The van der Waals surface area contributed by atoms with E-state index in [4.69, 9.17) is 0 Å². The van der Waals surface area contributed by atoms with Crippen molar-refractivity contribution in [3.8, 4) is 6.07 Å². The summed E-state index contributed by atoms with van der Waals surface area (Å²) in [6, 6.07) is 15.2. The van der Waals surface area contributed by atoms with E-state index in [1.54, 1.807) is 34.8 Å². The van der Waals surface area contributed by atoms with Crippen molar-refractivity contribution in [1.82, 2.24) is 19.2 Å². The van der Waals surface area contributed by atoms with Gasteiger partial charge in [0, 0.05) is 66.4 Å². The monoisotopic (exact) mass is 526 g/mol. The van der Waals surface area contributed by atoms with Crippen LogP contribution in [0.3, 0.4) is 0 Å². The molecular weight excluding hydrogens is 496 g/mol.